The highest BCUT2D eigenvalue weighted by molar-refractivity contribution is 9.10. The summed E-state index contributed by atoms with van der Waals surface area (Å²) in [5.41, 5.74) is 0.664. The Balaban J connectivity index is 1.97. The maximum Gasteiger partial charge on any atom is 0.251 e. The van der Waals surface area contributed by atoms with Gasteiger partial charge in [0.15, 0.2) is 0 Å². The molecule has 1 fully saturated rings. The van der Waals surface area contributed by atoms with Gasteiger partial charge in [0.2, 0.25) is 0 Å². The smallest absolute Gasteiger partial charge is 0.251 e. The average Bonchev–Trinajstić information content (AvgIpc) is 3.13. The number of amides is 1. The summed E-state index contributed by atoms with van der Waals surface area (Å²) < 4.78 is 0.961. The Morgan fingerprint density at radius 3 is 2.59 bits per heavy atom. The Hall–Kier alpha value is -0.870. The molecular weight excluding hydrogens is 282 g/mol. The predicted molar refractivity (Wildman–Crippen MR) is 69.8 cm³/mol. The van der Waals surface area contributed by atoms with Crippen LogP contribution in [-0.2, 0) is 0 Å². The lowest BCUT2D eigenvalue weighted by atomic mass is 10.1. The molecular formula is C13H16BrNO2. The van der Waals surface area contributed by atoms with Crippen molar-refractivity contribution >= 4 is 21.8 Å². The summed E-state index contributed by atoms with van der Waals surface area (Å²) in [5, 5.41) is 12.0. The number of carbonyl (C=O) groups excluding carboxylic acids is 1. The zero-order valence-corrected chi connectivity index (χ0v) is 11.1. The molecule has 1 amide bonds. The van der Waals surface area contributed by atoms with E-state index in [0.717, 1.165) is 17.3 Å². The van der Waals surface area contributed by atoms with E-state index >= 15 is 0 Å². The molecule has 0 spiro atoms. The monoisotopic (exact) mass is 297 g/mol. The molecule has 1 saturated carbocycles. The van der Waals surface area contributed by atoms with Gasteiger partial charge in [-0.25, -0.2) is 0 Å². The lowest BCUT2D eigenvalue weighted by Crippen LogP contribution is -2.37. The number of nitrogens with one attached hydrogen (secondary N) is 1. The molecule has 1 aromatic carbocycles. The first-order valence-corrected chi connectivity index (χ1v) is 6.67. The number of benzene rings is 1. The molecule has 1 atom stereocenters. The average molecular weight is 298 g/mol. The second-order valence-corrected chi connectivity index (χ2v) is 5.35. The molecule has 1 aliphatic rings. The van der Waals surface area contributed by atoms with Gasteiger partial charge in [-0.1, -0.05) is 15.9 Å². The summed E-state index contributed by atoms with van der Waals surface area (Å²) in [7, 11) is 0. The molecule has 1 aromatic rings. The molecule has 17 heavy (non-hydrogen) atoms. The molecule has 2 N–H and O–H groups in total. The summed E-state index contributed by atoms with van der Waals surface area (Å²) in [6, 6.07) is 7.42. The molecule has 3 nitrogen and oxygen atoms in total. The SMILES string of the molecule is O=C(NC(CCO)C1CC1)c1ccc(Br)cc1. The Morgan fingerprint density at radius 2 is 2.06 bits per heavy atom. The zero-order chi connectivity index (χ0) is 12.3. The molecule has 1 aliphatic carbocycles. The molecule has 0 bridgehead atoms. The van der Waals surface area contributed by atoms with Crippen molar-refractivity contribution in [2.45, 2.75) is 25.3 Å². The second-order valence-electron chi connectivity index (χ2n) is 4.44. The van der Waals surface area contributed by atoms with Gasteiger partial charge in [0.25, 0.3) is 5.91 Å². The Morgan fingerprint density at radius 1 is 1.41 bits per heavy atom. The van der Waals surface area contributed by atoms with Crippen LogP contribution in [0.3, 0.4) is 0 Å². The molecule has 4 heteroatoms. The van der Waals surface area contributed by atoms with Gasteiger partial charge in [-0.3, -0.25) is 4.79 Å². The van der Waals surface area contributed by atoms with Crippen LogP contribution in [0.2, 0.25) is 0 Å². The number of aliphatic hydroxyl groups is 1. The van der Waals surface area contributed by atoms with E-state index in [4.69, 9.17) is 5.11 Å². The normalized spacial score (nSPS) is 16.6. The summed E-state index contributed by atoms with van der Waals surface area (Å²) >= 11 is 3.34. The molecule has 0 radical (unpaired) electrons. The molecule has 0 heterocycles. The van der Waals surface area contributed by atoms with Crippen LogP contribution < -0.4 is 5.32 Å². The highest BCUT2D eigenvalue weighted by Crippen LogP contribution is 2.34. The predicted octanol–water partition coefficient (Wildman–Crippen LogP) is 2.34. The lowest BCUT2D eigenvalue weighted by molar-refractivity contribution is 0.0924. The number of halogens is 1. The Labute approximate surface area is 109 Å². The van der Waals surface area contributed by atoms with Crippen LogP contribution in [0.25, 0.3) is 0 Å². The van der Waals surface area contributed by atoms with Gasteiger partial charge < -0.3 is 10.4 Å². The highest BCUT2D eigenvalue weighted by Gasteiger charge is 2.31. The maximum absolute atomic E-state index is 12.0. The Kier molecular flexibility index (Phi) is 4.18. The lowest BCUT2D eigenvalue weighted by Gasteiger charge is -2.17. The fourth-order valence-electron chi connectivity index (χ4n) is 1.92. The fourth-order valence-corrected chi connectivity index (χ4v) is 2.18. The maximum atomic E-state index is 12.0. The van der Waals surface area contributed by atoms with Crippen LogP contribution in [0.5, 0.6) is 0 Å². The quantitative estimate of drug-likeness (QED) is 0.876. The van der Waals surface area contributed by atoms with Crippen LogP contribution in [0.4, 0.5) is 0 Å². The van der Waals surface area contributed by atoms with E-state index in [2.05, 4.69) is 21.2 Å². The van der Waals surface area contributed by atoms with E-state index in [1.54, 1.807) is 12.1 Å². The van der Waals surface area contributed by atoms with Crippen molar-refractivity contribution in [3.8, 4) is 0 Å². The fraction of sp³-hybridized carbons (Fsp3) is 0.462. The van der Waals surface area contributed by atoms with Crippen molar-refractivity contribution in [2.24, 2.45) is 5.92 Å². The van der Waals surface area contributed by atoms with Gasteiger partial charge in [-0.2, -0.15) is 0 Å². The first-order chi connectivity index (χ1) is 8.20. The summed E-state index contributed by atoms with van der Waals surface area (Å²) in [6.07, 6.45) is 2.96. The summed E-state index contributed by atoms with van der Waals surface area (Å²) in [4.78, 5) is 12.0. The van der Waals surface area contributed by atoms with Crippen LogP contribution in [0.1, 0.15) is 29.6 Å². The van der Waals surface area contributed by atoms with Crippen LogP contribution in [-0.4, -0.2) is 23.7 Å². The van der Waals surface area contributed by atoms with Gasteiger partial charge in [0.1, 0.15) is 0 Å². The third-order valence-electron chi connectivity index (χ3n) is 3.05. The van der Waals surface area contributed by atoms with Crippen molar-refractivity contribution in [1.29, 1.82) is 0 Å². The molecule has 2 rings (SSSR count). The number of rotatable bonds is 5. The molecule has 0 saturated heterocycles. The molecule has 0 aliphatic heterocycles. The third kappa shape index (κ3) is 3.54. The van der Waals surface area contributed by atoms with Gasteiger partial charge in [-0.05, 0) is 49.4 Å². The molecule has 1 unspecified atom stereocenters. The Bertz CT molecular complexity index is 387. The van der Waals surface area contributed by atoms with Crippen molar-refractivity contribution in [3.63, 3.8) is 0 Å². The second kappa shape index (κ2) is 5.65. The number of hydrogen-bond donors (Lipinski definition) is 2. The summed E-state index contributed by atoms with van der Waals surface area (Å²) in [6.45, 7) is 0.127. The standard InChI is InChI=1S/C13H16BrNO2/c14-11-5-3-10(4-6-11)13(17)15-12(7-8-16)9-1-2-9/h3-6,9,12,16H,1-2,7-8H2,(H,15,17). The van der Waals surface area contributed by atoms with Gasteiger partial charge in [0, 0.05) is 22.7 Å². The van der Waals surface area contributed by atoms with Crippen molar-refractivity contribution in [1.82, 2.24) is 5.32 Å². The van der Waals surface area contributed by atoms with Gasteiger partial charge in [0.05, 0.1) is 0 Å². The zero-order valence-electron chi connectivity index (χ0n) is 9.53. The van der Waals surface area contributed by atoms with Gasteiger partial charge in [-0.15, -0.1) is 0 Å². The minimum atomic E-state index is -0.0529. The van der Waals surface area contributed by atoms with Crippen LogP contribution >= 0.6 is 15.9 Å². The van der Waals surface area contributed by atoms with Crippen molar-refractivity contribution in [3.05, 3.63) is 34.3 Å². The van der Waals surface area contributed by atoms with E-state index in [1.165, 1.54) is 0 Å². The van der Waals surface area contributed by atoms with Crippen molar-refractivity contribution < 1.29 is 9.90 Å². The van der Waals surface area contributed by atoms with Crippen LogP contribution in [0, 0.1) is 5.92 Å². The summed E-state index contributed by atoms with van der Waals surface area (Å²) in [5.74, 6) is 0.504. The highest BCUT2D eigenvalue weighted by atomic mass is 79.9. The van der Waals surface area contributed by atoms with E-state index in [0.29, 0.717) is 17.9 Å². The first-order valence-electron chi connectivity index (χ1n) is 5.88. The van der Waals surface area contributed by atoms with Crippen LogP contribution in [0.15, 0.2) is 28.7 Å². The minimum Gasteiger partial charge on any atom is -0.396 e. The van der Waals surface area contributed by atoms with E-state index in [-0.39, 0.29) is 18.6 Å². The van der Waals surface area contributed by atoms with E-state index in [9.17, 15) is 4.79 Å². The van der Waals surface area contributed by atoms with Gasteiger partial charge >= 0.3 is 0 Å². The molecule has 0 aromatic heterocycles. The largest absolute Gasteiger partial charge is 0.396 e. The number of carbonyl (C=O) groups is 1. The molecule has 92 valence electrons. The van der Waals surface area contributed by atoms with E-state index < -0.39 is 0 Å². The van der Waals surface area contributed by atoms with E-state index in [1.807, 2.05) is 12.1 Å². The first kappa shape index (κ1) is 12.6. The number of aliphatic hydroxyl groups excluding tert-OH is 1. The van der Waals surface area contributed by atoms with Crippen molar-refractivity contribution in [2.75, 3.05) is 6.61 Å². The topological polar surface area (TPSA) is 49.3 Å². The number of hydrogen-bond acceptors (Lipinski definition) is 2. The third-order valence-corrected chi connectivity index (χ3v) is 3.58. The minimum absolute atomic E-state index is 0.0529.